The fourth-order valence-corrected chi connectivity index (χ4v) is 7.15. The number of benzene rings is 3. The van der Waals surface area contributed by atoms with Crippen LogP contribution < -0.4 is 14.8 Å². The lowest BCUT2D eigenvalue weighted by Gasteiger charge is -2.32. The van der Waals surface area contributed by atoms with Crippen LogP contribution in [-0.2, 0) is 16.9 Å². The minimum absolute atomic E-state index is 0.153. The van der Waals surface area contributed by atoms with Crippen LogP contribution in [0.15, 0.2) is 71.2 Å². The number of amides is 1. The summed E-state index contributed by atoms with van der Waals surface area (Å²) in [7, 11) is 1.56. The smallest absolute Gasteiger partial charge is 0.256 e. The highest BCUT2D eigenvalue weighted by atomic mass is 79.9. The summed E-state index contributed by atoms with van der Waals surface area (Å²) in [6, 6.07) is 19.6. The fraction of sp³-hybridized carbons (Fsp3) is 0.321. The summed E-state index contributed by atoms with van der Waals surface area (Å²) in [5.41, 5.74) is 1.75. The fourth-order valence-electron chi connectivity index (χ4n) is 6.58. The number of halogens is 1. The third-order valence-corrected chi connectivity index (χ3v) is 8.55. The third kappa shape index (κ3) is 3.55. The molecule has 3 aromatic carbocycles. The van der Waals surface area contributed by atoms with Gasteiger partial charge in [0.2, 0.25) is 0 Å². The molecule has 1 amide bonds. The SMILES string of the molecule is COc1cc([C@@H]2[C@@H]3CCCN3[C@@]3(C(=O)Nc4ccccc43)[C@@H]2[N+](=O)[O-])cc(Br)c1OCc1ccccc1. The standard InChI is InChI=1S/C28H26BrN3O5/c1-36-23-15-18(14-20(29)25(23)37-16-17-8-3-2-4-9-17)24-22-12-7-13-31(22)28(26(24)32(34)35)19-10-5-6-11-21(19)30-27(28)33/h2-6,8-11,14-15,22,24,26H,7,12-13,16H2,1H3,(H,30,33)/t22-,24+,26+,28+/m0/s1. The van der Waals surface area contributed by atoms with Crippen molar-refractivity contribution in [3.05, 3.63) is 98.0 Å². The van der Waals surface area contributed by atoms with Crippen molar-refractivity contribution in [3.8, 4) is 11.5 Å². The Kier molecular flexibility index (Phi) is 5.92. The molecule has 1 N–H and O–H groups in total. The first kappa shape index (κ1) is 23.9. The first-order valence-electron chi connectivity index (χ1n) is 12.3. The van der Waals surface area contributed by atoms with Crippen LogP contribution in [0.5, 0.6) is 11.5 Å². The van der Waals surface area contributed by atoms with Crippen LogP contribution in [0.3, 0.4) is 0 Å². The maximum absolute atomic E-state index is 13.6. The van der Waals surface area contributed by atoms with Crippen LogP contribution in [0.4, 0.5) is 5.69 Å². The van der Waals surface area contributed by atoms with Crippen LogP contribution >= 0.6 is 15.9 Å². The number of methoxy groups -OCH3 is 1. The maximum Gasteiger partial charge on any atom is 0.256 e. The molecule has 3 heterocycles. The average molecular weight is 564 g/mol. The lowest BCUT2D eigenvalue weighted by molar-refractivity contribution is -0.534. The molecule has 8 nitrogen and oxygen atoms in total. The van der Waals surface area contributed by atoms with Gasteiger partial charge in [0.15, 0.2) is 17.0 Å². The molecule has 0 aliphatic carbocycles. The van der Waals surface area contributed by atoms with Gasteiger partial charge in [-0.25, -0.2) is 0 Å². The maximum atomic E-state index is 13.6. The van der Waals surface area contributed by atoms with E-state index in [1.165, 1.54) is 0 Å². The Morgan fingerprint density at radius 2 is 1.92 bits per heavy atom. The van der Waals surface area contributed by atoms with Gasteiger partial charge in [0, 0.05) is 28.8 Å². The lowest BCUT2D eigenvalue weighted by atomic mass is 9.77. The zero-order chi connectivity index (χ0) is 25.7. The molecular weight excluding hydrogens is 538 g/mol. The van der Waals surface area contributed by atoms with E-state index >= 15 is 0 Å². The first-order chi connectivity index (χ1) is 18.0. The number of para-hydroxylation sites is 1. The molecule has 4 atom stereocenters. The summed E-state index contributed by atoms with van der Waals surface area (Å²) in [5, 5.41) is 15.8. The van der Waals surface area contributed by atoms with Gasteiger partial charge in [-0.3, -0.25) is 19.8 Å². The number of fused-ring (bicyclic) bond motifs is 4. The molecule has 37 heavy (non-hydrogen) atoms. The summed E-state index contributed by atoms with van der Waals surface area (Å²) in [6.07, 6.45) is 1.65. The van der Waals surface area contributed by atoms with Gasteiger partial charge in [0.25, 0.3) is 11.9 Å². The lowest BCUT2D eigenvalue weighted by Crippen LogP contribution is -2.55. The van der Waals surface area contributed by atoms with Crippen LogP contribution in [0, 0.1) is 10.1 Å². The Morgan fingerprint density at radius 3 is 2.68 bits per heavy atom. The molecule has 6 rings (SSSR count). The van der Waals surface area contributed by atoms with Crippen molar-refractivity contribution in [3.63, 3.8) is 0 Å². The Balaban J connectivity index is 1.44. The number of nitro groups is 1. The quantitative estimate of drug-likeness (QED) is 0.331. The zero-order valence-electron chi connectivity index (χ0n) is 20.2. The van der Waals surface area contributed by atoms with E-state index in [1.54, 1.807) is 7.11 Å². The summed E-state index contributed by atoms with van der Waals surface area (Å²) in [5.74, 6) is 0.193. The van der Waals surface area contributed by atoms with E-state index in [4.69, 9.17) is 9.47 Å². The van der Waals surface area contributed by atoms with E-state index in [1.807, 2.05) is 66.7 Å². The molecule has 1 spiro atoms. The van der Waals surface area contributed by atoms with E-state index in [-0.39, 0.29) is 16.9 Å². The Labute approximate surface area is 222 Å². The van der Waals surface area contributed by atoms with Crippen molar-refractivity contribution >= 4 is 27.5 Å². The van der Waals surface area contributed by atoms with Crippen molar-refractivity contribution in [1.82, 2.24) is 4.90 Å². The molecule has 3 aliphatic heterocycles. The molecule has 0 unspecified atom stereocenters. The van der Waals surface area contributed by atoms with Gasteiger partial charge < -0.3 is 14.8 Å². The molecule has 0 saturated carbocycles. The number of nitrogens with zero attached hydrogens (tertiary/aromatic N) is 2. The minimum atomic E-state index is -1.35. The topological polar surface area (TPSA) is 93.9 Å². The highest BCUT2D eigenvalue weighted by Gasteiger charge is 2.73. The monoisotopic (exact) mass is 563 g/mol. The van der Waals surface area contributed by atoms with E-state index in [2.05, 4.69) is 26.1 Å². The van der Waals surface area contributed by atoms with Crippen LogP contribution in [-0.4, -0.2) is 41.5 Å². The number of carbonyl (C=O) groups is 1. The predicted octanol–water partition coefficient (Wildman–Crippen LogP) is 5.09. The Hall–Kier alpha value is -3.43. The summed E-state index contributed by atoms with van der Waals surface area (Å²) in [6.45, 7) is 0.983. The van der Waals surface area contributed by atoms with Crippen LogP contribution in [0.1, 0.15) is 35.4 Å². The van der Waals surface area contributed by atoms with Gasteiger partial charge in [-0.1, -0.05) is 48.5 Å². The predicted molar refractivity (Wildman–Crippen MR) is 141 cm³/mol. The Bertz CT molecular complexity index is 1380. The van der Waals surface area contributed by atoms with Crippen molar-refractivity contribution in [2.45, 2.75) is 43.0 Å². The molecular formula is C28H26BrN3O5. The minimum Gasteiger partial charge on any atom is -0.493 e. The number of carbonyl (C=O) groups excluding carboxylic acids is 1. The van der Waals surface area contributed by atoms with E-state index in [9.17, 15) is 14.9 Å². The molecule has 3 aromatic rings. The molecule has 0 bridgehead atoms. The third-order valence-electron chi connectivity index (χ3n) is 7.96. The normalized spacial score (nSPS) is 26.1. The van der Waals surface area contributed by atoms with Crippen LogP contribution in [0.2, 0.25) is 0 Å². The van der Waals surface area contributed by atoms with Gasteiger partial charge in [-0.2, -0.15) is 0 Å². The summed E-state index contributed by atoms with van der Waals surface area (Å²) in [4.78, 5) is 28.3. The number of rotatable bonds is 6. The highest BCUT2D eigenvalue weighted by molar-refractivity contribution is 9.10. The zero-order valence-corrected chi connectivity index (χ0v) is 21.8. The van der Waals surface area contributed by atoms with Gasteiger partial charge in [0.05, 0.1) is 17.5 Å². The second kappa shape index (κ2) is 9.15. The van der Waals surface area contributed by atoms with E-state index in [0.717, 1.165) is 24.0 Å². The van der Waals surface area contributed by atoms with E-state index < -0.39 is 17.5 Å². The average Bonchev–Trinajstić information content (AvgIpc) is 3.56. The molecule has 0 aromatic heterocycles. The van der Waals surface area contributed by atoms with E-state index in [0.29, 0.717) is 40.4 Å². The number of hydrogen-bond donors (Lipinski definition) is 1. The molecule has 190 valence electrons. The van der Waals surface area contributed by atoms with Gasteiger partial charge in [-0.15, -0.1) is 0 Å². The van der Waals surface area contributed by atoms with Gasteiger partial charge >= 0.3 is 0 Å². The Morgan fingerprint density at radius 1 is 1.16 bits per heavy atom. The summed E-state index contributed by atoms with van der Waals surface area (Å²) < 4.78 is 12.5. The highest BCUT2D eigenvalue weighted by Crippen LogP contribution is 2.58. The largest absolute Gasteiger partial charge is 0.493 e. The number of hydrogen-bond acceptors (Lipinski definition) is 6. The number of anilines is 1. The van der Waals surface area contributed by atoms with Gasteiger partial charge in [0.1, 0.15) is 6.61 Å². The van der Waals surface area contributed by atoms with Crippen molar-refractivity contribution < 1.29 is 19.2 Å². The number of ether oxygens (including phenoxy) is 2. The molecule has 2 fully saturated rings. The molecule has 3 aliphatic rings. The molecule has 2 saturated heterocycles. The van der Waals surface area contributed by atoms with Gasteiger partial charge in [-0.05, 0) is 58.1 Å². The van der Waals surface area contributed by atoms with Crippen molar-refractivity contribution in [1.29, 1.82) is 0 Å². The molecule has 0 radical (unpaired) electrons. The second-order valence-corrected chi connectivity index (χ2v) is 10.6. The van der Waals surface area contributed by atoms with Crippen LogP contribution in [0.25, 0.3) is 0 Å². The number of nitrogens with one attached hydrogen (secondary N) is 1. The van der Waals surface area contributed by atoms with Crippen molar-refractivity contribution in [2.24, 2.45) is 0 Å². The second-order valence-electron chi connectivity index (χ2n) is 9.73. The first-order valence-corrected chi connectivity index (χ1v) is 13.1. The van der Waals surface area contributed by atoms with Crippen molar-refractivity contribution in [2.75, 3.05) is 19.0 Å². The summed E-state index contributed by atoms with van der Waals surface area (Å²) >= 11 is 3.63. The molecule has 9 heteroatoms.